The molecule has 4 atom stereocenters. The van der Waals surface area contributed by atoms with Crippen molar-refractivity contribution in [1.82, 2.24) is 29.4 Å². The fourth-order valence-corrected chi connectivity index (χ4v) is 6.43. The molecule has 0 spiro atoms. The number of hydrogen-bond donors (Lipinski definition) is 4. The highest BCUT2D eigenvalue weighted by Crippen LogP contribution is 2.38. The van der Waals surface area contributed by atoms with E-state index in [-0.39, 0.29) is 11.5 Å². The molecule has 1 saturated carbocycles. The van der Waals surface area contributed by atoms with Gasteiger partial charge in [0, 0.05) is 31.2 Å². The van der Waals surface area contributed by atoms with E-state index in [0.717, 1.165) is 42.5 Å². The number of benzene rings is 1. The van der Waals surface area contributed by atoms with E-state index < -0.39 is 24.5 Å². The lowest BCUT2D eigenvalue weighted by Gasteiger charge is -2.46. The van der Waals surface area contributed by atoms with Crippen LogP contribution in [0.3, 0.4) is 0 Å². The van der Waals surface area contributed by atoms with Crippen molar-refractivity contribution < 1.29 is 14.9 Å². The fourth-order valence-electron chi connectivity index (χ4n) is 6.43. The Morgan fingerprint density at radius 1 is 1.15 bits per heavy atom. The number of ether oxygens (including phenoxy) is 1. The number of aromatic nitrogens is 5. The Labute approximate surface area is 240 Å². The number of fused-ring (bicyclic) bond motifs is 2. The monoisotopic (exact) mass is 561 g/mol. The topological polar surface area (TPSA) is 138 Å². The van der Waals surface area contributed by atoms with Crippen LogP contribution in [-0.4, -0.2) is 76.6 Å². The zero-order valence-corrected chi connectivity index (χ0v) is 24.7. The molecule has 0 radical (unpaired) electrons. The second kappa shape index (κ2) is 10.7. The number of nitrogens with zero attached hydrogens (tertiary/aromatic N) is 5. The van der Waals surface area contributed by atoms with Crippen molar-refractivity contribution in [1.29, 1.82) is 0 Å². The van der Waals surface area contributed by atoms with Crippen LogP contribution in [0.4, 0.5) is 5.69 Å². The molecular formula is C31H43N7O3. The van der Waals surface area contributed by atoms with Crippen LogP contribution in [0.15, 0.2) is 36.8 Å². The van der Waals surface area contributed by atoms with E-state index in [4.69, 9.17) is 15.5 Å². The van der Waals surface area contributed by atoms with Crippen molar-refractivity contribution >= 4 is 27.9 Å². The number of nitrogens with one attached hydrogen (secondary N) is 1. The van der Waals surface area contributed by atoms with Gasteiger partial charge in [-0.1, -0.05) is 26.8 Å². The Hall–Kier alpha value is -3.05. The third kappa shape index (κ3) is 5.34. The maximum atomic E-state index is 10.9. The van der Waals surface area contributed by atoms with Crippen LogP contribution in [0, 0.1) is 5.92 Å². The minimum absolute atomic E-state index is 0.112. The summed E-state index contributed by atoms with van der Waals surface area (Å²) >= 11 is 0. The predicted octanol–water partition coefficient (Wildman–Crippen LogP) is 3.93. The van der Waals surface area contributed by atoms with Crippen LogP contribution in [0.25, 0.3) is 22.2 Å². The highest BCUT2D eigenvalue weighted by Gasteiger charge is 2.46. The Morgan fingerprint density at radius 3 is 2.66 bits per heavy atom. The van der Waals surface area contributed by atoms with Gasteiger partial charge in [0.15, 0.2) is 11.9 Å². The van der Waals surface area contributed by atoms with Crippen molar-refractivity contribution in [3.05, 3.63) is 48.2 Å². The average molecular weight is 562 g/mol. The van der Waals surface area contributed by atoms with Crippen LogP contribution in [-0.2, 0) is 16.6 Å². The quantitative estimate of drug-likeness (QED) is 0.254. The maximum absolute atomic E-state index is 10.9. The van der Waals surface area contributed by atoms with Gasteiger partial charge in [-0.3, -0.25) is 9.47 Å². The molecule has 10 heteroatoms. The minimum atomic E-state index is -1.09. The smallest absolute Gasteiger partial charge is 0.165 e. The van der Waals surface area contributed by atoms with Crippen LogP contribution in [0.1, 0.15) is 71.5 Å². The fraction of sp³-hybridized carbons (Fsp3) is 0.581. The number of aliphatic hydroxyl groups is 2. The molecule has 0 bridgehead atoms. The lowest BCUT2D eigenvalue weighted by Crippen LogP contribution is -2.52. The highest BCUT2D eigenvalue weighted by atomic mass is 16.6. The Bertz CT molecular complexity index is 1520. The summed E-state index contributed by atoms with van der Waals surface area (Å²) in [6, 6.07) is 8.94. The van der Waals surface area contributed by atoms with Gasteiger partial charge < -0.3 is 25.7 Å². The van der Waals surface area contributed by atoms with Crippen molar-refractivity contribution in [2.45, 2.75) is 102 Å². The molecule has 2 unspecified atom stereocenters. The van der Waals surface area contributed by atoms with Gasteiger partial charge in [-0.25, -0.2) is 15.0 Å². The van der Waals surface area contributed by atoms with Gasteiger partial charge in [0.2, 0.25) is 0 Å². The standard InChI is InChI=1S/C31H43N7O3/c1-17(2)37(15-24-27(39)28(40)30(41-24)38-16-34-26-21(32)10-11-33-29(26)38)20-12-18(13-20)6-9-25-35-22-8-7-19(31(3,4)5)14-23(22)36-25/h7-8,10-11,14,16-18,20,24,27-28,30,39-40H,6,9,12-13,15H2,1-5H3,(H2,32,33)(H,35,36)/t18?,20?,24-,27-,28?,30?/m1/s1. The van der Waals surface area contributed by atoms with Gasteiger partial charge in [-0.15, -0.1) is 0 Å². The number of pyridine rings is 1. The molecule has 3 aromatic heterocycles. The number of anilines is 1. The summed E-state index contributed by atoms with van der Waals surface area (Å²) in [5.41, 5.74) is 11.2. The molecule has 41 heavy (non-hydrogen) atoms. The molecule has 6 rings (SSSR count). The summed E-state index contributed by atoms with van der Waals surface area (Å²) in [6.45, 7) is 11.6. The van der Waals surface area contributed by atoms with E-state index in [1.807, 2.05) is 0 Å². The molecule has 2 fully saturated rings. The molecule has 0 amide bonds. The first-order valence-corrected chi connectivity index (χ1v) is 14.8. The van der Waals surface area contributed by atoms with Gasteiger partial charge in [-0.05, 0) is 68.2 Å². The van der Waals surface area contributed by atoms with E-state index in [2.05, 4.69) is 72.7 Å². The van der Waals surface area contributed by atoms with E-state index in [1.54, 1.807) is 23.2 Å². The molecule has 1 aromatic carbocycles. The summed E-state index contributed by atoms with van der Waals surface area (Å²) in [5, 5.41) is 21.9. The number of hydrogen-bond acceptors (Lipinski definition) is 8. The summed E-state index contributed by atoms with van der Waals surface area (Å²) in [4.78, 5) is 19.5. The third-order valence-corrected chi connectivity index (χ3v) is 9.02. The average Bonchev–Trinajstić information content (AvgIpc) is 3.58. The largest absolute Gasteiger partial charge is 0.397 e. The zero-order valence-electron chi connectivity index (χ0n) is 24.7. The number of H-pyrrole nitrogens is 1. The van der Waals surface area contributed by atoms with Gasteiger partial charge in [0.1, 0.15) is 29.7 Å². The summed E-state index contributed by atoms with van der Waals surface area (Å²) in [7, 11) is 0. The van der Waals surface area contributed by atoms with Gasteiger partial charge in [-0.2, -0.15) is 0 Å². The number of aryl methyl sites for hydroxylation is 1. The first kappa shape index (κ1) is 28.1. The summed E-state index contributed by atoms with van der Waals surface area (Å²) < 4.78 is 7.92. The number of aromatic amines is 1. The molecule has 1 saturated heterocycles. The lowest BCUT2D eigenvalue weighted by atomic mass is 9.76. The van der Waals surface area contributed by atoms with Crippen molar-refractivity contribution in [3.8, 4) is 0 Å². The highest BCUT2D eigenvalue weighted by molar-refractivity contribution is 5.83. The number of rotatable bonds is 8. The molecule has 5 N–H and O–H groups in total. The lowest BCUT2D eigenvalue weighted by molar-refractivity contribution is -0.0620. The number of aliphatic hydroxyl groups excluding tert-OH is 2. The first-order chi connectivity index (χ1) is 19.5. The van der Waals surface area contributed by atoms with E-state index >= 15 is 0 Å². The molecule has 2 aliphatic rings. The summed E-state index contributed by atoms with van der Waals surface area (Å²) in [5.74, 6) is 1.70. The second-order valence-corrected chi connectivity index (χ2v) is 13.3. The summed E-state index contributed by atoms with van der Waals surface area (Å²) in [6.07, 6.45) is 4.02. The molecule has 220 valence electrons. The van der Waals surface area contributed by atoms with Crippen LogP contribution < -0.4 is 5.73 Å². The maximum Gasteiger partial charge on any atom is 0.165 e. The minimum Gasteiger partial charge on any atom is -0.397 e. The molecule has 10 nitrogen and oxygen atoms in total. The van der Waals surface area contributed by atoms with Gasteiger partial charge in [0.25, 0.3) is 0 Å². The Balaban J connectivity index is 1.06. The van der Waals surface area contributed by atoms with Crippen molar-refractivity contribution in [3.63, 3.8) is 0 Å². The van der Waals surface area contributed by atoms with Gasteiger partial charge in [0.05, 0.1) is 23.0 Å². The Morgan fingerprint density at radius 2 is 1.93 bits per heavy atom. The second-order valence-electron chi connectivity index (χ2n) is 13.3. The van der Waals surface area contributed by atoms with Crippen molar-refractivity contribution in [2.75, 3.05) is 12.3 Å². The van der Waals surface area contributed by atoms with Crippen LogP contribution >= 0.6 is 0 Å². The molecule has 4 heterocycles. The molecule has 4 aromatic rings. The molecule has 1 aliphatic carbocycles. The van der Waals surface area contributed by atoms with Crippen LogP contribution in [0.5, 0.6) is 0 Å². The predicted molar refractivity (Wildman–Crippen MR) is 159 cm³/mol. The number of imidazole rings is 2. The third-order valence-electron chi connectivity index (χ3n) is 9.02. The molecular weight excluding hydrogens is 518 g/mol. The SMILES string of the molecule is CC(C)N(C[C@H]1OC(n2cnc3c(N)ccnc32)C(O)[C@@H]1O)C1CC(CCc2nc3ccc(C(C)(C)C)cc3[nH]2)C1. The van der Waals surface area contributed by atoms with E-state index in [1.165, 1.54) is 5.56 Å². The first-order valence-electron chi connectivity index (χ1n) is 14.8. The van der Waals surface area contributed by atoms with Crippen LogP contribution in [0.2, 0.25) is 0 Å². The molecule has 1 aliphatic heterocycles. The number of nitrogen functional groups attached to an aromatic ring is 1. The Kier molecular flexibility index (Phi) is 7.30. The zero-order chi connectivity index (χ0) is 29.1. The van der Waals surface area contributed by atoms with Gasteiger partial charge >= 0.3 is 0 Å². The van der Waals surface area contributed by atoms with Crippen molar-refractivity contribution in [2.24, 2.45) is 5.92 Å². The van der Waals surface area contributed by atoms with E-state index in [0.29, 0.717) is 35.4 Å². The number of nitrogens with two attached hydrogens (primary N) is 1. The van der Waals surface area contributed by atoms with E-state index in [9.17, 15) is 10.2 Å². The normalized spacial score (nSPS) is 27.0.